The van der Waals surface area contributed by atoms with Crippen molar-refractivity contribution in [1.82, 2.24) is 0 Å². The van der Waals surface area contributed by atoms with E-state index in [-0.39, 0.29) is 22.0 Å². The molecule has 2 aromatic heterocycles. The summed E-state index contributed by atoms with van der Waals surface area (Å²) in [6.45, 7) is 5.08. The molecule has 0 saturated carbocycles. The lowest BCUT2D eigenvalue weighted by Gasteiger charge is -2.06. The van der Waals surface area contributed by atoms with Crippen molar-refractivity contribution in [3.63, 3.8) is 0 Å². The van der Waals surface area contributed by atoms with Crippen molar-refractivity contribution in [1.29, 1.82) is 0 Å². The van der Waals surface area contributed by atoms with Crippen molar-refractivity contribution in [3.8, 4) is 0 Å². The van der Waals surface area contributed by atoms with Crippen LogP contribution in [0.4, 0.5) is 5.00 Å². The van der Waals surface area contributed by atoms with E-state index in [0.29, 0.717) is 16.9 Å². The van der Waals surface area contributed by atoms with E-state index < -0.39 is 17.8 Å². The summed E-state index contributed by atoms with van der Waals surface area (Å²) in [4.78, 5) is 36.1. The van der Waals surface area contributed by atoms with E-state index in [2.05, 4.69) is 5.32 Å². The number of hydrogen-bond donors (Lipinski definition) is 2. The molecule has 0 fully saturated rings. The van der Waals surface area contributed by atoms with E-state index in [4.69, 9.17) is 14.9 Å². The molecule has 0 aliphatic rings. The van der Waals surface area contributed by atoms with Gasteiger partial charge in [-0.15, -0.1) is 11.3 Å². The molecule has 2 aromatic rings. The molecule has 23 heavy (non-hydrogen) atoms. The molecule has 0 aliphatic carbocycles. The first-order chi connectivity index (χ1) is 10.9. The van der Waals surface area contributed by atoms with Gasteiger partial charge in [-0.25, -0.2) is 4.79 Å². The number of nitrogens with two attached hydrogens (primary N) is 1. The topological polar surface area (TPSA) is 112 Å². The second-order valence-corrected chi connectivity index (χ2v) is 5.71. The minimum atomic E-state index is -0.668. The Morgan fingerprint density at radius 2 is 2.04 bits per heavy atom. The molecule has 2 heterocycles. The van der Waals surface area contributed by atoms with Gasteiger partial charge in [0.25, 0.3) is 11.8 Å². The number of anilines is 1. The van der Waals surface area contributed by atoms with Crippen LogP contribution in [0, 0.1) is 13.8 Å². The number of furan rings is 1. The number of rotatable bonds is 5. The number of esters is 1. The summed E-state index contributed by atoms with van der Waals surface area (Å²) in [5, 5.41) is 2.84. The number of amides is 2. The number of hydrogen-bond acceptors (Lipinski definition) is 6. The molecule has 122 valence electrons. The van der Waals surface area contributed by atoms with Crippen LogP contribution < -0.4 is 11.1 Å². The first-order valence-electron chi connectivity index (χ1n) is 6.82. The smallest absolute Gasteiger partial charge is 0.341 e. The molecule has 0 saturated heterocycles. The highest BCUT2D eigenvalue weighted by Gasteiger charge is 2.26. The van der Waals surface area contributed by atoms with E-state index >= 15 is 0 Å². The average molecular weight is 336 g/mol. The first-order valence-corrected chi connectivity index (χ1v) is 7.64. The van der Waals surface area contributed by atoms with Crippen LogP contribution in [0.1, 0.15) is 48.6 Å². The van der Waals surface area contributed by atoms with Gasteiger partial charge in [-0.3, -0.25) is 9.59 Å². The quantitative estimate of drug-likeness (QED) is 0.815. The molecule has 0 aliphatic heterocycles. The van der Waals surface area contributed by atoms with E-state index in [1.807, 2.05) is 0 Å². The maximum Gasteiger partial charge on any atom is 0.341 e. The summed E-state index contributed by atoms with van der Waals surface area (Å²) in [6, 6.07) is 1.52. The van der Waals surface area contributed by atoms with Gasteiger partial charge >= 0.3 is 5.97 Å². The fraction of sp³-hybridized carbons (Fsp3) is 0.267. The van der Waals surface area contributed by atoms with Gasteiger partial charge in [-0.2, -0.15) is 0 Å². The fourth-order valence-corrected chi connectivity index (χ4v) is 3.12. The van der Waals surface area contributed by atoms with Crippen LogP contribution in [-0.2, 0) is 4.74 Å². The van der Waals surface area contributed by atoms with Gasteiger partial charge < -0.3 is 20.2 Å². The highest BCUT2D eigenvalue weighted by Crippen LogP contribution is 2.34. The van der Waals surface area contributed by atoms with E-state index in [0.717, 1.165) is 11.3 Å². The number of thiophene rings is 1. The van der Waals surface area contributed by atoms with Crippen LogP contribution >= 0.6 is 11.3 Å². The molecular weight excluding hydrogens is 320 g/mol. The largest absolute Gasteiger partial charge is 0.469 e. The highest BCUT2D eigenvalue weighted by molar-refractivity contribution is 7.18. The number of ether oxygens (including phenoxy) is 1. The lowest BCUT2D eigenvalue weighted by molar-refractivity contribution is 0.0527. The number of primary amides is 1. The van der Waals surface area contributed by atoms with Gasteiger partial charge in [0.2, 0.25) is 0 Å². The Hall–Kier alpha value is -2.61. The van der Waals surface area contributed by atoms with Crippen LogP contribution in [-0.4, -0.2) is 24.4 Å². The SMILES string of the molecule is CCOC(=O)c1c(NC(=O)c2ccoc2C)sc(C(N)=O)c1C. The van der Waals surface area contributed by atoms with Gasteiger partial charge in [0, 0.05) is 0 Å². The minimum absolute atomic E-state index is 0.139. The normalized spacial score (nSPS) is 10.4. The summed E-state index contributed by atoms with van der Waals surface area (Å²) < 4.78 is 10.1. The van der Waals surface area contributed by atoms with Crippen LogP contribution in [0.2, 0.25) is 0 Å². The molecule has 2 rings (SSSR count). The Morgan fingerprint density at radius 3 is 2.57 bits per heavy atom. The van der Waals surface area contributed by atoms with Gasteiger partial charge in [-0.05, 0) is 32.4 Å². The van der Waals surface area contributed by atoms with Crippen LogP contribution in [0.15, 0.2) is 16.7 Å². The Balaban J connectivity index is 2.42. The van der Waals surface area contributed by atoms with Crippen LogP contribution in [0.5, 0.6) is 0 Å². The summed E-state index contributed by atoms with van der Waals surface area (Å²) in [5.74, 6) is -1.28. The van der Waals surface area contributed by atoms with Crippen molar-refractivity contribution in [2.45, 2.75) is 20.8 Å². The zero-order chi connectivity index (χ0) is 17.1. The van der Waals surface area contributed by atoms with Gasteiger partial charge in [0.1, 0.15) is 10.8 Å². The maximum absolute atomic E-state index is 12.3. The summed E-state index contributed by atoms with van der Waals surface area (Å²) in [6.07, 6.45) is 1.39. The Kier molecular flexibility index (Phi) is 4.85. The van der Waals surface area contributed by atoms with E-state index in [1.54, 1.807) is 20.8 Å². The summed E-state index contributed by atoms with van der Waals surface area (Å²) >= 11 is 0.942. The third-order valence-corrected chi connectivity index (χ3v) is 4.40. The molecule has 0 unspecified atom stereocenters. The van der Waals surface area contributed by atoms with Gasteiger partial charge in [-0.1, -0.05) is 0 Å². The molecule has 0 aromatic carbocycles. The summed E-state index contributed by atoms with van der Waals surface area (Å²) in [5.41, 5.74) is 6.18. The fourth-order valence-electron chi connectivity index (χ4n) is 2.08. The Bertz CT molecular complexity index is 775. The zero-order valence-corrected chi connectivity index (χ0v) is 13.7. The number of carbonyl (C=O) groups is 3. The predicted molar refractivity (Wildman–Crippen MR) is 84.9 cm³/mol. The standard InChI is InChI=1S/C15H16N2O5S/c1-4-21-15(20)10-7(2)11(12(16)18)23-14(10)17-13(19)9-5-6-22-8(9)3/h5-6H,4H2,1-3H3,(H2,16,18)(H,17,19). The van der Waals surface area contributed by atoms with Crippen LogP contribution in [0.25, 0.3) is 0 Å². The second kappa shape index (κ2) is 6.66. The zero-order valence-electron chi connectivity index (χ0n) is 12.9. The van der Waals surface area contributed by atoms with Crippen LogP contribution in [0.3, 0.4) is 0 Å². The van der Waals surface area contributed by atoms with Crippen molar-refractivity contribution < 1.29 is 23.5 Å². The number of aryl methyl sites for hydroxylation is 1. The number of nitrogens with one attached hydrogen (secondary N) is 1. The third-order valence-electron chi connectivity index (χ3n) is 3.18. The maximum atomic E-state index is 12.3. The average Bonchev–Trinajstić information content (AvgIpc) is 3.03. The van der Waals surface area contributed by atoms with Crippen molar-refractivity contribution >= 4 is 34.1 Å². The lowest BCUT2D eigenvalue weighted by atomic mass is 10.1. The molecule has 0 spiro atoms. The first kappa shape index (κ1) is 16.8. The summed E-state index contributed by atoms with van der Waals surface area (Å²) in [7, 11) is 0. The molecule has 0 bridgehead atoms. The van der Waals surface area contributed by atoms with Gasteiger partial charge in [0.05, 0.1) is 28.9 Å². The molecule has 3 N–H and O–H groups in total. The predicted octanol–water partition coefficient (Wildman–Crippen LogP) is 2.49. The highest BCUT2D eigenvalue weighted by atomic mass is 32.1. The Morgan fingerprint density at radius 1 is 1.35 bits per heavy atom. The Labute approximate surface area is 136 Å². The molecular formula is C15H16N2O5S. The third kappa shape index (κ3) is 3.26. The molecule has 0 atom stereocenters. The minimum Gasteiger partial charge on any atom is -0.469 e. The number of carbonyl (C=O) groups excluding carboxylic acids is 3. The lowest BCUT2D eigenvalue weighted by Crippen LogP contribution is -2.15. The monoisotopic (exact) mass is 336 g/mol. The molecule has 0 radical (unpaired) electrons. The second-order valence-electron chi connectivity index (χ2n) is 4.69. The van der Waals surface area contributed by atoms with E-state index in [9.17, 15) is 14.4 Å². The molecule has 7 nitrogen and oxygen atoms in total. The van der Waals surface area contributed by atoms with Crippen molar-refractivity contribution in [2.24, 2.45) is 5.73 Å². The van der Waals surface area contributed by atoms with E-state index in [1.165, 1.54) is 12.3 Å². The van der Waals surface area contributed by atoms with Crippen molar-refractivity contribution in [2.75, 3.05) is 11.9 Å². The molecule has 2 amide bonds. The molecule has 8 heteroatoms. The van der Waals surface area contributed by atoms with Crippen molar-refractivity contribution in [3.05, 3.63) is 39.7 Å². The van der Waals surface area contributed by atoms with Gasteiger partial charge in [0.15, 0.2) is 0 Å².